The van der Waals surface area contributed by atoms with Crippen LogP contribution in [-0.4, -0.2) is 42.7 Å². The van der Waals surface area contributed by atoms with Gasteiger partial charge in [-0.05, 0) is 61.7 Å². The van der Waals surface area contributed by atoms with Crippen molar-refractivity contribution in [3.05, 3.63) is 48.7 Å². The number of rotatable bonds is 5. The Bertz CT molecular complexity index is 1010. The summed E-state index contributed by atoms with van der Waals surface area (Å²) in [6, 6.07) is 14.3. The highest BCUT2D eigenvalue weighted by molar-refractivity contribution is 5.86. The Kier molecular flexibility index (Phi) is 5.60. The van der Waals surface area contributed by atoms with Crippen LogP contribution in [0.1, 0.15) is 19.8 Å². The first-order valence-corrected chi connectivity index (χ1v) is 10.0. The molecular formula is C23H25N3O3. The molecule has 3 aromatic rings. The summed E-state index contributed by atoms with van der Waals surface area (Å²) in [5, 5.41) is 1.07. The van der Waals surface area contributed by atoms with Gasteiger partial charge in [0.1, 0.15) is 5.82 Å². The van der Waals surface area contributed by atoms with E-state index in [1.165, 1.54) is 0 Å². The lowest BCUT2D eigenvalue weighted by Gasteiger charge is -2.31. The average Bonchev–Trinajstić information content (AvgIpc) is 2.78. The molecule has 3 heterocycles. The summed E-state index contributed by atoms with van der Waals surface area (Å²) in [5.41, 5.74) is 2.95. The maximum absolute atomic E-state index is 11.9. The summed E-state index contributed by atoms with van der Waals surface area (Å²) in [4.78, 5) is 23.3. The van der Waals surface area contributed by atoms with Crippen molar-refractivity contribution in [1.29, 1.82) is 0 Å². The highest BCUT2D eigenvalue weighted by atomic mass is 16.5. The van der Waals surface area contributed by atoms with Gasteiger partial charge < -0.3 is 14.4 Å². The molecule has 0 atom stereocenters. The number of fused-ring (bicyclic) bond motifs is 1. The zero-order valence-electron chi connectivity index (χ0n) is 16.8. The highest BCUT2D eigenvalue weighted by Gasteiger charge is 2.26. The van der Waals surface area contributed by atoms with E-state index in [4.69, 9.17) is 14.5 Å². The number of ether oxygens (including phenoxy) is 2. The predicted molar refractivity (Wildman–Crippen MR) is 113 cm³/mol. The Balaban J connectivity index is 1.53. The number of aromatic nitrogens is 2. The summed E-state index contributed by atoms with van der Waals surface area (Å²) in [7, 11) is 1.63. The molecule has 6 heteroatoms. The Morgan fingerprint density at radius 2 is 2.00 bits per heavy atom. The molecule has 0 spiro atoms. The molecule has 1 fully saturated rings. The third-order valence-corrected chi connectivity index (χ3v) is 5.39. The summed E-state index contributed by atoms with van der Waals surface area (Å²) in [6.45, 7) is 3.92. The normalized spacial score (nSPS) is 14.8. The van der Waals surface area contributed by atoms with E-state index in [0.29, 0.717) is 12.5 Å². The van der Waals surface area contributed by atoms with Crippen molar-refractivity contribution in [2.75, 3.05) is 31.7 Å². The number of esters is 1. The van der Waals surface area contributed by atoms with Gasteiger partial charge in [0.2, 0.25) is 5.88 Å². The van der Waals surface area contributed by atoms with Crippen LogP contribution in [0.15, 0.2) is 48.7 Å². The average molecular weight is 391 g/mol. The van der Waals surface area contributed by atoms with Crippen molar-refractivity contribution in [3.8, 4) is 17.0 Å². The van der Waals surface area contributed by atoms with E-state index in [9.17, 15) is 4.79 Å². The van der Waals surface area contributed by atoms with Crippen LogP contribution in [0.4, 0.5) is 5.82 Å². The summed E-state index contributed by atoms with van der Waals surface area (Å²) in [5.74, 6) is 1.49. The summed E-state index contributed by atoms with van der Waals surface area (Å²) in [6.07, 6.45) is 3.33. The highest BCUT2D eigenvalue weighted by Crippen LogP contribution is 2.31. The van der Waals surface area contributed by atoms with Gasteiger partial charge in [0, 0.05) is 30.2 Å². The standard InChI is InChI=1S/C23H25N3O3/c1-3-29-23(27)16-10-13-26(14-11-16)21-9-7-18-15-17(6-8-20(18)25-21)19-5-4-12-24-22(19)28-2/h4-9,12,15-16H,3,10-11,13-14H2,1-2H3. The molecule has 2 aromatic heterocycles. The van der Waals surface area contributed by atoms with Crippen LogP contribution in [0.2, 0.25) is 0 Å². The Morgan fingerprint density at radius 1 is 1.17 bits per heavy atom. The second kappa shape index (κ2) is 8.47. The monoisotopic (exact) mass is 391 g/mol. The lowest BCUT2D eigenvalue weighted by Crippen LogP contribution is -2.37. The SMILES string of the molecule is CCOC(=O)C1CCN(c2ccc3cc(-c4cccnc4OC)ccc3n2)CC1. The maximum Gasteiger partial charge on any atom is 0.309 e. The molecule has 1 aliphatic rings. The number of nitrogens with zero attached hydrogens (tertiary/aromatic N) is 3. The number of anilines is 1. The fraction of sp³-hybridized carbons (Fsp3) is 0.348. The van der Waals surface area contributed by atoms with Crippen LogP contribution in [0.3, 0.4) is 0 Å². The molecule has 0 unspecified atom stereocenters. The van der Waals surface area contributed by atoms with E-state index in [2.05, 4.69) is 28.1 Å². The first-order chi connectivity index (χ1) is 14.2. The first-order valence-electron chi connectivity index (χ1n) is 10.0. The van der Waals surface area contributed by atoms with Crippen LogP contribution in [-0.2, 0) is 9.53 Å². The zero-order valence-corrected chi connectivity index (χ0v) is 16.8. The van der Waals surface area contributed by atoms with Crippen molar-refractivity contribution in [2.24, 2.45) is 5.92 Å². The van der Waals surface area contributed by atoms with E-state index < -0.39 is 0 Å². The lowest BCUT2D eigenvalue weighted by molar-refractivity contribution is -0.148. The lowest BCUT2D eigenvalue weighted by atomic mass is 9.97. The summed E-state index contributed by atoms with van der Waals surface area (Å²) >= 11 is 0. The minimum atomic E-state index is -0.0722. The van der Waals surface area contributed by atoms with E-state index in [1.54, 1.807) is 13.3 Å². The third-order valence-electron chi connectivity index (χ3n) is 5.39. The zero-order chi connectivity index (χ0) is 20.2. The fourth-order valence-electron chi connectivity index (χ4n) is 3.84. The van der Waals surface area contributed by atoms with E-state index >= 15 is 0 Å². The smallest absolute Gasteiger partial charge is 0.309 e. The second-order valence-electron chi connectivity index (χ2n) is 7.15. The number of carbonyl (C=O) groups excluding carboxylic acids is 1. The molecule has 6 nitrogen and oxygen atoms in total. The Hall–Kier alpha value is -3.15. The van der Waals surface area contributed by atoms with Crippen molar-refractivity contribution < 1.29 is 14.3 Å². The molecule has 0 N–H and O–H groups in total. The van der Waals surface area contributed by atoms with Gasteiger partial charge in [0.15, 0.2) is 0 Å². The van der Waals surface area contributed by atoms with Gasteiger partial charge in [-0.1, -0.05) is 6.07 Å². The van der Waals surface area contributed by atoms with Crippen LogP contribution >= 0.6 is 0 Å². The Labute approximate surface area is 170 Å². The fourth-order valence-corrected chi connectivity index (χ4v) is 3.84. The van der Waals surface area contributed by atoms with Crippen molar-refractivity contribution >= 4 is 22.7 Å². The Morgan fingerprint density at radius 3 is 2.76 bits per heavy atom. The van der Waals surface area contributed by atoms with Gasteiger partial charge in [-0.3, -0.25) is 4.79 Å². The molecule has 4 rings (SSSR count). The van der Waals surface area contributed by atoms with Gasteiger partial charge in [0.25, 0.3) is 0 Å². The number of piperidine rings is 1. The molecule has 0 aliphatic carbocycles. The molecular weight excluding hydrogens is 366 g/mol. The second-order valence-corrected chi connectivity index (χ2v) is 7.15. The topological polar surface area (TPSA) is 64.5 Å². The minimum absolute atomic E-state index is 0.00340. The number of hydrogen-bond acceptors (Lipinski definition) is 6. The predicted octanol–water partition coefficient (Wildman–Crippen LogP) is 4.08. The van der Waals surface area contributed by atoms with Crippen molar-refractivity contribution in [2.45, 2.75) is 19.8 Å². The molecule has 1 saturated heterocycles. The van der Waals surface area contributed by atoms with Gasteiger partial charge in [0.05, 0.1) is 25.2 Å². The molecule has 0 bridgehead atoms. The molecule has 1 aliphatic heterocycles. The number of pyridine rings is 2. The maximum atomic E-state index is 11.9. The van der Waals surface area contributed by atoms with E-state index in [-0.39, 0.29) is 11.9 Å². The molecule has 0 radical (unpaired) electrons. The first kappa shape index (κ1) is 19.2. The number of carbonyl (C=O) groups is 1. The van der Waals surface area contributed by atoms with Gasteiger partial charge in [-0.15, -0.1) is 0 Å². The van der Waals surface area contributed by atoms with Crippen molar-refractivity contribution in [1.82, 2.24) is 9.97 Å². The number of benzene rings is 1. The van der Waals surface area contributed by atoms with Crippen LogP contribution in [0, 0.1) is 5.92 Å². The third kappa shape index (κ3) is 4.01. The summed E-state index contributed by atoms with van der Waals surface area (Å²) < 4.78 is 10.5. The number of methoxy groups -OCH3 is 1. The number of hydrogen-bond donors (Lipinski definition) is 0. The molecule has 29 heavy (non-hydrogen) atoms. The van der Waals surface area contributed by atoms with Crippen LogP contribution in [0.25, 0.3) is 22.0 Å². The quantitative estimate of drug-likeness (QED) is 0.611. The molecule has 150 valence electrons. The molecule has 1 aromatic carbocycles. The van der Waals surface area contributed by atoms with Gasteiger partial charge in [-0.2, -0.15) is 0 Å². The van der Waals surface area contributed by atoms with Crippen LogP contribution in [0.5, 0.6) is 5.88 Å². The van der Waals surface area contributed by atoms with E-state index in [1.807, 2.05) is 31.2 Å². The minimum Gasteiger partial charge on any atom is -0.481 e. The largest absolute Gasteiger partial charge is 0.481 e. The van der Waals surface area contributed by atoms with Crippen LogP contribution < -0.4 is 9.64 Å². The van der Waals surface area contributed by atoms with Crippen molar-refractivity contribution in [3.63, 3.8) is 0 Å². The van der Waals surface area contributed by atoms with Gasteiger partial charge >= 0.3 is 5.97 Å². The molecule has 0 saturated carbocycles. The van der Waals surface area contributed by atoms with E-state index in [0.717, 1.165) is 53.8 Å². The molecule has 0 amide bonds. The van der Waals surface area contributed by atoms with Gasteiger partial charge in [-0.25, -0.2) is 9.97 Å².